The monoisotopic (exact) mass is 391 g/mol. The molecule has 0 radical (unpaired) electrons. The number of benzene rings is 2. The van der Waals surface area contributed by atoms with Crippen LogP contribution in [-0.4, -0.2) is 21.1 Å². The highest BCUT2D eigenvalue weighted by molar-refractivity contribution is 8.00. The number of nitrogens with zero attached hydrogens (tertiary/aromatic N) is 2. The maximum Gasteiger partial charge on any atom is 0.237 e. The molecule has 0 aliphatic rings. The average molecular weight is 392 g/mol. The van der Waals surface area contributed by atoms with Gasteiger partial charge in [-0.25, -0.2) is 9.97 Å². The Labute approximate surface area is 170 Å². The van der Waals surface area contributed by atoms with Gasteiger partial charge in [-0.2, -0.15) is 0 Å². The molecule has 144 valence electrons. The lowest BCUT2D eigenvalue weighted by atomic mass is 10.1. The number of aryl methyl sites for hydroxylation is 2. The summed E-state index contributed by atoms with van der Waals surface area (Å²) < 4.78 is 0. The van der Waals surface area contributed by atoms with Crippen molar-refractivity contribution in [3.05, 3.63) is 72.1 Å². The zero-order chi connectivity index (χ0) is 19.9. The summed E-state index contributed by atoms with van der Waals surface area (Å²) in [5.41, 5.74) is 4.00. The molecular weight excluding hydrogens is 366 g/mol. The maximum atomic E-state index is 12.8. The molecule has 1 atom stereocenters. The van der Waals surface area contributed by atoms with E-state index in [0.29, 0.717) is 12.2 Å². The second kappa shape index (κ2) is 9.51. The summed E-state index contributed by atoms with van der Waals surface area (Å²) in [5.74, 6) is 0.698. The Hall–Kier alpha value is -2.66. The number of anilines is 1. The molecule has 1 heterocycles. The van der Waals surface area contributed by atoms with E-state index >= 15 is 0 Å². The van der Waals surface area contributed by atoms with E-state index in [4.69, 9.17) is 0 Å². The summed E-state index contributed by atoms with van der Waals surface area (Å²) >= 11 is 1.48. The van der Waals surface area contributed by atoms with Crippen LogP contribution in [0.15, 0.2) is 65.7 Å². The van der Waals surface area contributed by atoms with Gasteiger partial charge in [0.1, 0.15) is 10.9 Å². The van der Waals surface area contributed by atoms with Gasteiger partial charge in [0.05, 0.1) is 10.9 Å². The first-order valence-corrected chi connectivity index (χ1v) is 10.4. The van der Waals surface area contributed by atoms with Crippen molar-refractivity contribution in [2.75, 3.05) is 5.32 Å². The van der Waals surface area contributed by atoms with Gasteiger partial charge in [-0.3, -0.25) is 4.79 Å². The van der Waals surface area contributed by atoms with Crippen LogP contribution < -0.4 is 5.32 Å². The average Bonchev–Trinajstić information content (AvgIpc) is 2.72. The Morgan fingerprint density at radius 1 is 1.04 bits per heavy atom. The van der Waals surface area contributed by atoms with E-state index in [1.807, 2.05) is 74.5 Å². The normalized spacial score (nSPS) is 11.8. The minimum atomic E-state index is -0.219. The summed E-state index contributed by atoms with van der Waals surface area (Å²) in [6.45, 7) is 6.02. The molecule has 3 aromatic rings. The Bertz CT molecular complexity index is 926. The second-order valence-electron chi connectivity index (χ2n) is 6.56. The third-order valence-electron chi connectivity index (χ3n) is 4.44. The van der Waals surface area contributed by atoms with Gasteiger partial charge in [0.2, 0.25) is 5.91 Å². The molecule has 3 rings (SSSR count). The molecule has 0 bridgehead atoms. The van der Waals surface area contributed by atoms with Crippen molar-refractivity contribution in [1.82, 2.24) is 9.97 Å². The number of thioether (sulfide) groups is 1. The number of carbonyl (C=O) groups excluding carboxylic acids is 1. The van der Waals surface area contributed by atoms with E-state index in [1.165, 1.54) is 17.3 Å². The number of aromatic nitrogens is 2. The molecule has 5 heteroatoms. The minimum absolute atomic E-state index is 0.00530. The molecule has 1 unspecified atom stereocenters. The molecule has 28 heavy (non-hydrogen) atoms. The van der Waals surface area contributed by atoms with Gasteiger partial charge in [-0.1, -0.05) is 68.1 Å². The number of amides is 1. The Morgan fingerprint density at radius 2 is 1.75 bits per heavy atom. The molecule has 1 N–H and O–H groups in total. The second-order valence-corrected chi connectivity index (χ2v) is 7.78. The van der Waals surface area contributed by atoms with Crippen LogP contribution >= 0.6 is 11.8 Å². The van der Waals surface area contributed by atoms with Crippen LogP contribution in [0.4, 0.5) is 5.69 Å². The lowest BCUT2D eigenvalue weighted by Gasteiger charge is -2.15. The van der Waals surface area contributed by atoms with Gasteiger partial charge in [0, 0.05) is 11.3 Å². The summed E-state index contributed by atoms with van der Waals surface area (Å²) in [5, 5.41) is 3.62. The third kappa shape index (κ3) is 5.20. The smallest absolute Gasteiger partial charge is 0.237 e. The van der Waals surface area contributed by atoms with E-state index in [9.17, 15) is 4.79 Å². The molecule has 0 aliphatic carbocycles. The predicted octanol–water partition coefficient (Wildman–Crippen LogP) is 5.52. The van der Waals surface area contributed by atoms with Crippen molar-refractivity contribution in [3.8, 4) is 11.3 Å². The van der Waals surface area contributed by atoms with Crippen molar-refractivity contribution in [2.24, 2.45) is 0 Å². The summed E-state index contributed by atoms with van der Waals surface area (Å²) in [6.07, 6.45) is 1.70. The van der Waals surface area contributed by atoms with Crippen LogP contribution in [0.2, 0.25) is 0 Å². The molecule has 4 nitrogen and oxygen atoms in total. The minimum Gasteiger partial charge on any atom is -0.325 e. The SMILES string of the molecule is CCc1ccc(NC(=O)C(CC)Sc2cc(-c3ccccc3)nc(C)n2)cc1. The van der Waals surface area contributed by atoms with E-state index < -0.39 is 0 Å². The highest BCUT2D eigenvalue weighted by Crippen LogP contribution is 2.28. The van der Waals surface area contributed by atoms with Crippen molar-refractivity contribution in [3.63, 3.8) is 0 Å². The van der Waals surface area contributed by atoms with Gasteiger partial charge in [0.15, 0.2) is 0 Å². The Balaban J connectivity index is 1.74. The van der Waals surface area contributed by atoms with Crippen molar-refractivity contribution < 1.29 is 4.79 Å². The van der Waals surface area contributed by atoms with Crippen LogP contribution in [0.1, 0.15) is 31.7 Å². The predicted molar refractivity (Wildman–Crippen MR) is 117 cm³/mol. The molecule has 1 amide bonds. The molecular formula is C23H25N3OS. The lowest BCUT2D eigenvalue weighted by Crippen LogP contribution is -2.24. The number of nitrogens with one attached hydrogen (secondary N) is 1. The number of rotatable bonds is 7. The molecule has 2 aromatic carbocycles. The standard InChI is InChI=1S/C23H25N3OS/c1-4-17-11-13-19(14-12-17)26-23(27)21(5-2)28-22-15-20(24-16(3)25-22)18-9-7-6-8-10-18/h6-15,21H,4-5H2,1-3H3,(H,26,27). The zero-order valence-electron chi connectivity index (χ0n) is 16.5. The van der Waals surface area contributed by atoms with Crippen LogP contribution in [0.25, 0.3) is 11.3 Å². The van der Waals surface area contributed by atoms with Gasteiger partial charge in [0.25, 0.3) is 0 Å². The van der Waals surface area contributed by atoms with E-state index in [-0.39, 0.29) is 11.2 Å². The van der Waals surface area contributed by atoms with Crippen LogP contribution in [0.3, 0.4) is 0 Å². The van der Waals surface area contributed by atoms with E-state index in [1.54, 1.807) is 0 Å². The highest BCUT2D eigenvalue weighted by atomic mass is 32.2. The molecule has 0 saturated heterocycles. The molecule has 0 saturated carbocycles. The quantitative estimate of drug-likeness (QED) is 0.425. The molecule has 0 aliphatic heterocycles. The van der Waals surface area contributed by atoms with Crippen LogP contribution in [0, 0.1) is 6.92 Å². The largest absolute Gasteiger partial charge is 0.325 e. The first kappa shape index (κ1) is 20.1. The third-order valence-corrected chi connectivity index (χ3v) is 5.72. The van der Waals surface area contributed by atoms with Crippen LogP contribution in [0.5, 0.6) is 0 Å². The zero-order valence-corrected chi connectivity index (χ0v) is 17.3. The Kier molecular flexibility index (Phi) is 6.82. The van der Waals surface area contributed by atoms with E-state index in [2.05, 4.69) is 22.2 Å². The Morgan fingerprint density at radius 3 is 2.39 bits per heavy atom. The molecule has 1 aromatic heterocycles. The van der Waals surface area contributed by atoms with Crippen molar-refractivity contribution in [2.45, 2.75) is 43.9 Å². The maximum absolute atomic E-state index is 12.8. The fraction of sp³-hybridized carbons (Fsp3) is 0.261. The fourth-order valence-electron chi connectivity index (χ4n) is 2.87. The molecule has 0 fully saturated rings. The first-order valence-electron chi connectivity index (χ1n) is 9.56. The van der Waals surface area contributed by atoms with Crippen LogP contribution in [-0.2, 0) is 11.2 Å². The number of hydrogen-bond donors (Lipinski definition) is 1. The van der Waals surface area contributed by atoms with Gasteiger partial charge in [-0.05, 0) is 43.5 Å². The van der Waals surface area contributed by atoms with Crippen molar-refractivity contribution in [1.29, 1.82) is 0 Å². The summed E-state index contributed by atoms with van der Waals surface area (Å²) in [7, 11) is 0. The number of carbonyl (C=O) groups is 1. The van der Waals surface area contributed by atoms with E-state index in [0.717, 1.165) is 28.4 Å². The van der Waals surface area contributed by atoms with Gasteiger partial charge >= 0.3 is 0 Å². The first-order chi connectivity index (χ1) is 13.6. The molecule has 0 spiro atoms. The number of hydrogen-bond acceptors (Lipinski definition) is 4. The fourth-order valence-corrected chi connectivity index (χ4v) is 3.86. The highest BCUT2D eigenvalue weighted by Gasteiger charge is 2.19. The lowest BCUT2D eigenvalue weighted by molar-refractivity contribution is -0.115. The topological polar surface area (TPSA) is 54.9 Å². The van der Waals surface area contributed by atoms with Gasteiger partial charge in [-0.15, -0.1) is 0 Å². The summed E-state index contributed by atoms with van der Waals surface area (Å²) in [6, 6.07) is 20.0. The van der Waals surface area contributed by atoms with Gasteiger partial charge < -0.3 is 5.32 Å². The van der Waals surface area contributed by atoms with Crippen molar-refractivity contribution >= 4 is 23.4 Å². The summed E-state index contributed by atoms with van der Waals surface area (Å²) in [4.78, 5) is 21.8.